The molecular weight excluding hydrogens is 536 g/mol. The Morgan fingerprint density at radius 1 is 1.05 bits per heavy atom. The number of benzene rings is 2. The van der Waals surface area contributed by atoms with E-state index in [2.05, 4.69) is 64.9 Å². The topological polar surface area (TPSA) is 139 Å². The second-order valence-electron chi connectivity index (χ2n) is 11.9. The highest BCUT2D eigenvalue weighted by Gasteiger charge is 2.54. The molecule has 1 aliphatic carbocycles. The van der Waals surface area contributed by atoms with Crippen molar-refractivity contribution in [2.45, 2.75) is 58.5 Å². The van der Waals surface area contributed by atoms with Gasteiger partial charge in [-0.05, 0) is 60.6 Å². The van der Waals surface area contributed by atoms with E-state index in [1.807, 2.05) is 13.0 Å². The van der Waals surface area contributed by atoms with Gasteiger partial charge in [0.15, 0.2) is 0 Å². The van der Waals surface area contributed by atoms with Crippen LogP contribution in [0.25, 0.3) is 10.9 Å². The maximum Gasteiger partial charge on any atom is 0.263 e. The molecule has 1 unspecified atom stereocenters. The van der Waals surface area contributed by atoms with Gasteiger partial charge in [0.25, 0.3) is 6.43 Å². The summed E-state index contributed by atoms with van der Waals surface area (Å²) in [7, 11) is 0. The van der Waals surface area contributed by atoms with E-state index in [1.54, 1.807) is 24.3 Å². The molecule has 9 nitrogen and oxygen atoms in total. The summed E-state index contributed by atoms with van der Waals surface area (Å²) in [6.45, 7) is 8.64. The first-order valence-corrected chi connectivity index (χ1v) is 13.5. The Balaban J connectivity index is 1.64. The lowest BCUT2D eigenvalue weighted by atomic mass is 9.95. The van der Waals surface area contributed by atoms with Gasteiger partial charge in [-0.25, -0.2) is 13.5 Å². The van der Waals surface area contributed by atoms with E-state index < -0.39 is 18.0 Å². The van der Waals surface area contributed by atoms with Crippen LogP contribution in [0.2, 0.25) is 0 Å². The lowest BCUT2D eigenvalue weighted by Crippen LogP contribution is -2.26. The van der Waals surface area contributed by atoms with Crippen molar-refractivity contribution >= 4 is 22.3 Å². The predicted octanol–water partition coefficient (Wildman–Crippen LogP) is 6.16. The van der Waals surface area contributed by atoms with Gasteiger partial charge in [0.1, 0.15) is 23.4 Å². The molecule has 0 spiro atoms. The van der Waals surface area contributed by atoms with E-state index in [0.717, 1.165) is 11.1 Å². The van der Waals surface area contributed by atoms with Crippen molar-refractivity contribution in [3.63, 3.8) is 0 Å². The highest BCUT2D eigenvalue weighted by Crippen LogP contribution is 2.48. The third-order valence-corrected chi connectivity index (χ3v) is 7.46. The number of hydrogen-bond donors (Lipinski definition) is 2. The van der Waals surface area contributed by atoms with Crippen LogP contribution in [0.4, 0.5) is 20.2 Å². The molecule has 0 bridgehead atoms. The lowest BCUT2D eigenvalue weighted by molar-refractivity contribution is 0.0593. The average Bonchev–Trinajstić information content (AvgIpc) is 3.64. The summed E-state index contributed by atoms with van der Waals surface area (Å²) >= 11 is 0. The van der Waals surface area contributed by atoms with Crippen molar-refractivity contribution in [3.05, 3.63) is 76.2 Å². The van der Waals surface area contributed by atoms with Gasteiger partial charge in [0.05, 0.1) is 46.2 Å². The molecule has 42 heavy (non-hydrogen) atoms. The fraction of sp³-hybridized carbons (Fsp3) is 0.355. The average molecular weight is 566 g/mol. The second-order valence-corrected chi connectivity index (χ2v) is 11.9. The molecule has 0 saturated heterocycles. The number of nitriles is 3. The first-order valence-electron chi connectivity index (χ1n) is 13.5. The highest BCUT2D eigenvalue weighted by atomic mass is 19.3. The number of aryl methyl sites for hydroxylation is 1. The van der Waals surface area contributed by atoms with E-state index in [-0.39, 0.29) is 5.41 Å². The quantitative estimate of drug-likeness (QED) is 0.259. The van der Waals surface area contributed by atoms with Crippen molar-refractivity contribution in [2.75, 3.05) is 17.2 Å². The van der Waals surface area contributed by atoms with Gasteiger partial charge in [0, 0.05) is 23.8 Å². The summed E-state index contributed by atoms with van der Waals surface area (Å²) in [5, 5.41) is 45.0. The van der Waals surface area contributed by atoms with Gasteiger partial charge in [0.2, 0.25) is 0 Å². The van der Waals surface area contributed by atoms with Gasteiger partial charge in [-0.15, -0.1) is 5.10 Å². The predicted molar refractivity (Wildman–Crippen MR) is 154 cm³/mol. The normalized spacial score (nSPS) is 14.6. The Labute approximate surface area is 242 Å². The van der Waals surface area contributed by atoms with Crippen molar-refractivity contribution in [2.24, 2.45) is 5.41 Å². The van der Waals surface area contributed by atoms with E-state index in [9.17, 15) is 24.6 Å². The van der Waals surface area contributed by atoms with Crippen molar-refractivity contribution in [1.29, 1.82) is 15.8 Å². The van der Waals surface area contributed by atoms with Gasteiger partial charge in [-0.1, -0.05) is 32.1 Å². The molecule has 4 aromatic rings. The molecule has 11 heteroatoms. The molecule has 5 rings (SSSR count). The molecule has 1 atom stereocenters. The van der Waals surface area contributed by atoms with Crippen molar-refractivity contribution < 1.29 is 8.78 Å². The Morgan fingerprint density at radius 2 is 1.79 bits per heavy atom. The van der Waals surface area contributed by atoms with E-state index in [1.165, 1.54) is 17.1 Å². The summed E-state index contributed by atoms with van der Waals surface area (Å²) in [5.41, 5.74) is 3.20. The second kappa shape index (κ2) is 10.7. The molecule has 212 valence electrons. The number of fused-ring (bicyclic) bond motifs is 1. The molecule has 2 N–H and O–H groups in total. The number of anilines is 2. The molecule has 0 amide bonds. The third-order valence-electron chi connectivity index (χ3n) is 7.46. The Morgan fingerprint density at radius 3 is 2.38 bits per heavy atom. The highest BCUT2D eigenvalue weighted by molar-refractivity contribution is 5.99. The summed E-state index contributed by atoms with van der Waals surface area (Å²) < 4.78 is 29.0. The van der Waals surface area contributed by atoms with Crippen LogP contribution in [0, 0.1) is 46.3 Å². The number of aromatic nitrogens is 4. The number of nitrogens with zero attached hydrogens (tertiary/aromatic N) is 7. The smallest absolute Gasteiger partial charge is 0.263 e. The standard InChI is InChI=1S/C31H29F2N9/c1-18-9-19(12-34)5-6-23(18)28(25-16-42(41-40-25)31(7-8-31)29(32)33)39-22-10-20(13-35)26-24(11-22)27(21(14-36)15-37-26)38-17-30(2,3)4/h5-6,9-11,15-16,28-29,39H,7-8,17H2,1-4H3,(H,37,38). The Bertz CT molecular complexity index is 1790. The number of halogens is 2. The number of rotatable bonds is 8. The van der Waals surface area contributed by atoms with E-state index in [4.69, 9.17) is 0 Å². The van der Waals surface area contributed by atoms with Crippen LogP contribution in [0.3, 0.4) is 0 Å². The maximum absolute atomic E-state index is 13.9. The maximum atomic E-state index is 13.9. The minimum atomic E-state index is -2.57. The molecule has 2 heterocycles. The van der Waals surface area contributed by atoms with Gasteiger partial charge >= 0.3 is 0 Å². The molecule has 0 radical (unpaired) electrons. The number of hydrogen-bond acceptors (Lipinski definition) is 8. The number of alkyl halides is 2. The zero-order valence-corrected chi connectivity index (χ0v) is 23.7. The first-order chi connectivity index (χ1) is 20.0. The Kier molecular flexibility index (Phi) is 7.26. The van der Waals surface area contributed by atoms with Crippen LogP contribution >= 0.6 is 0 Å². The van der Waals surface area contributed by atoms with Crippen LogP contribution in [-0.2, 0) is 5.54 Å². The first kappa shape index (κ1) is 28.4. The van der Waals surface area contributed by atoms with Crippen LogP contribution in [-0.4, -0.2) is 32.9 Å². The van der Waals surface area contributed by atoms with Gasteiger partial charge < -0.3 is 10.6 Å². The van der Waals surface area contributed by atoms with Crippen molar-refractivity contribution in [1.82, 2.24) is 20.0 Å². The molecule has 0 aliphatic heterocycles. The van der Waals surface area contributed by atoms with Crippen LogP contribution in [0.15, 0.2) is 42.7 Å². The third kappa shape index (κ3) is 5.32. The minimum Gasteiger partial charge on any atom is -0.383 e. The summed E-state index contributed by atoms with van der Waals surface area (Å²) in [5.74, 6) is 0. The fourth-order valence-electron chi connectivity index (χ4n) is 4.95. The SMILES string of the molecule is Cc1cc(C#N)ccc1C(Nc1cc(C#N)c2ncc(C#N)c(NCC(C)(C)C)c2c1)c1cn(C2(C(F)F)CC2)nn1. The monoisotopic (exact) mass is 565 g/mol. The minimum absolute atomic E-state index is 0.0859. The summed E-state index contributed by atoms with van der Waals surface area (Å²) in [6.07, 6.45) is 1.05. The zero-order chi connectivity index (χ0) is 30.2. The molecule has 1 aliphatic rings. The fourth-order valence-corrected chi connectivity index (χ4v) is 4.95. The number of nitrogens with one attached hydrogen (secondary N) is 2. The molecule has 1 fully saturated rings. The van der Waals surface area contributed by atoms with E-state index in [0.29, 0.717) is 64.0 Å². The lowest BCUT2D eigenvalue weighted by Gasteiger charge is -2.23. The van der Waals surface area contributed by atoms with Gasteiger partial charge in [-0.3, -0.25) is 4.98 Å². The molecular formula is C31H29F2N9. The van der Waals surface area contributed by atoms with Crippen molar-refractivity contribution in [3.8, 4) is 18.2 Å². The summed E-state index contributed by atoms with van der Waals surface area (Å²) in [4.78, 5) is 4.41. The zero-order valence-electron chi connectivity index (χ0n) is 23.7. The van der Waals surface area contributed by atoms with Crippen LogP contribution < -0.4 is 10.6 Å². The number of pyridine rings is 1. The Hall–Kier alpha value is -5.08. The van der Waals surface area contributed by atoms with Crippen LogP contribution in [0.1, 0.15) is 73.2 Å². The van der Waals surface area contributed by atoms with Gasteiger partial charge in [-0.2, -0.15) is 15.8 Å². The molecule has 2 aromatic carbocycles. The molecule has 1 saturated carbocycles. The summed E-state index contributed by atoms with van der Waals surface area (Å²) in [6, 6.07) is 14.6. The molecule has 2 aromatic heterocycles. The van der Waals surface area contributed by atoms with E-state index >= 15 is 0 Å². The largest absolute Gasteiger partial charge is 0.383 e. The van der Waals surface area contributed by atoms with Crippen LogP contribution in [0.5, 0.6) is 0 Å².